The molecule has 0 unspecified atom stereocenters. The van der Waals surface area contributed by atoms with Crippen LogP contribution < -0.4 is 4.74 Å². The van der Waals surface area contributed by atoms with Crippen molar-refractivity contribution in [3.05, 3.63) is 30.1 Å². The van der Waals surface area contributed by atoms with E-state index in [1.165, 1.54) is 13.8 Å². The number of carbonyl (C=O) groups is 2. The van der Waals surface area contributed by atoms with Crippen molar-refractivity contribution in [3.63, 3.8) is 0 Å². The molecule has 0 N–H and O–H groups in total. The minimum atomic E-state index is -0.495. The first kappa shape index (κ1) is 10.4. The fourth-order valence-corrected chi connectivity index (χ4v) is 1.50. The van der Waals surface area contributed by atoms with Gasteiger partial charge in [-0.25, -0.2) is 0 Å². The summed E-state index contributed by atoms with van der Waals surface area (Å²) >= 11 is 0. The van der Waals surface area contributed by atoms with Gasteiger partial charge in [-0.3, -0.25) is 14.0 Å². The lowest BCUT2D eigenvalue weighted by Gasteiger charge is -1.99. The summed E-state index contributed by atoms with van der Waals surface area (Å²) in [5.74, 6) is -0.632. The van der Waals surface area contributed by atoms with Gasteiger partial charge in [0, 0.05) is 20.0 Å². The Morgan fingerprint density at radius 3 is 2.69 bits per heavy atom. The number of pyridine rings is 1. The average molecular weight is 218 g/mol. The number of aromatic nitrogens is 2. The number of fused-ring (bicyclic) bond motifs is 1. The lowest BCUT2D eigenvalue weighted by atomic mass is 10.3. The third kappa shape index (κ3) is 1.67. The molecule has 2 aromatic heterocycles. The summed E-state index contributed by atoms with van der Waals surface area (Å²) in [5.41, 5.74) is 0.856. The number of carbonyl (C=O) groups excluding carboxylic acids is 2. The van der Waals surface area contributed by atoms with Gasteiger partial charge in [0.1, 0.15) is 5.65 Å². The predicted octanol–water partition coefficient (Wildman–Crippen LogP) is 1.46. The monoisotopic (exact) mass is 218 g/mol. The van der Waals surface area contributed by atoms with E-state index in [0.717, 1.165) is 0 Å². The second-order valence-corrected chi connectivity index (χ2v) is 3.34. The van der Waals surface area contributed by atoms with Crippen LogP contribution >= 0.6 is 0 Å². The van der Waals surface area contributed by atoms with Crippen molar-refractivity contribution in [1.82, 2.24) is 9.38 Å². The molecule has 0 atom stereocenters. The fraction of sp³-hybridized carbons (Fsp3) is 0.182. The number of esters is 1. The van der Waals surface area contributed by atoms with E-state index in [-0.39, 0.29) is 17.4 Å². The topological polar surface area (TPSA) is 60.7 Å². The van der Waals surface area contributed by atoms with Gasteiger partial charge in [-0.2, -0.15) is 4.98 Å². The molecule has 0 saturated heterocycles. The molecule has 2 heterocycles. The molecule has 2 aromatic rings. The highest BCUT2D eigenvalue weighted by atomic mass is 16.5. The number of imidazole rings is 1. The Morgan fingerprint density at radius 1 is 1.31 bits per heavy atom. The number of rotatable bonds is 2. The van der Waals surface area contributed by atoms with Crippen molar-refractivity contribution >= 4 is 17.4 Å². The van der Waals surface area contributed by atoms with Gasteiger partial charge < -0.3 is 4.74 Å². The van der Waals surface area contributed by atoms with E-state index >= 15 is 0 Å². The van der Waals surface area contributed by atoms with Gasteiger partial charge in [0.25, 0.3) is 5.88 Å². The van der Waals surface area contributed by atoms with Crippen LogP contribution in [0, 0.1) is 0 Å². The number of nitrogens with zero attached hydrogens (tertiary/aromatic N) is 2. The molecule has 5 nitrogen and oxygen atoms in total. The second kappa shape index (κ2) is 3.77. The molecule has 2 rings (SSSR count). The number of hydrogen-bond donors (Lipinski definition) is 0. The lowest BCUT2D eigenvalue weighted by Crippen LogP contribution is -2.07. The van der Waals surface area contributed by atoms with Crippen LogP contribution in [0.25, 0.3) is 5.65 Å². The standard InChI is InChI=1S/C11H10N2O3/c1-7(14)10-11(16-8(2)15)12-9-5-3-4-6-13(9)10/h3-6H,1-2H3. The molecule has 0 spiro atoms. The normalized spacial score (nSPS) is 10.4. The first-order valence-electron chi connectivity index (χ1n) is 4.76. The highest BCUT2D eigenvalue weighted by Crippen LogP contribution is 2.20. The molecule has 16 heavy (non-hydrogen) atoms. The van der Waals surface area contributed by atoms with Gasteiger partial charge >= 0.3 is 5.97 Å². The second-order valence-electron chi connectivity index (χ2n) is 3.34. The van der Waals surface area contributed by atoms with Crippen LogP contribution in [0.5, 0.6) is 5.88 Å². The molecule has 0 aromatic carbocycles. The molecule has 0 saturated carbocycles. The van der Waals surface area contributed by atoms with Crippen LogP contribution in [-0.4, -0.2) is 21.1 Å². The summed E-state index contributed by atoms with van der Waals surface area (Å²) in [6.07, 6.45) is 1.70. The van der Waals surface area contributed by atoms with Crippen LogP contribution in [0.2, 0.25) is 0 Å². The molecule has 0 aliphatic heterocycles. The van der Waals surface area contributed by atoms with E-state index in [1.807, 2.05) is 0 Å². The van der Waals surface area contributed by atoms with E-state index in [9.17, 15) is 9.59 Å². The summed E-state index contributed by atoms with van der Waals surface area (Å²) in [5, 5.41) is 0. The van der Waals surface area contributed by atoms with Crippen molar-refractivity contribution in [2.75, 3.05) is 0 Å². The molecule has 0 radical (unpaired) electrons. The van der Waals surface area contributed by atoms with Gasteiger partial charge in [0.05, 0.1) is 0 Å². The SMILES string of the molecule is CC(=O)Oc1nc2ccccn2c1C(C)=O. The van der Waals surface area contributed by atoms with Crippen molar-refractivity contribution in [2.45, 2.75) is 13.8 Å². The third-order valence-corrected chi connectivity index (χ3v) is 2.07. The number of ketones is 1. The minimum absolute atomic E-state index is 0.0613. The molecular formula is C11H10N2O3. The maximum Gasteiger partial charge on any atom is 0.309 e. The summed E-state index contributed by atoms with van der Waals surface area (Å²) in [4.78, 5) is 26.4. The van der Waals surface area contributed by atoms with Gasteiger partial charge in [0.15, 0.2) is 11.5 Å². The summed E-state index contributed by atoms with van der Waals surface area (Å²) in [7, 11) is 0. The van der Waals surface area contributed by atoms with Gasteiger partial charge in [0.2, 0.25) is 0 Å². The molecular weight excluding hydrogens is 208 g/mol. The number of Topliss-reactive ketones (excluding diaryl/α,β-unsaturated/α-hetero) is 1. The van der Waals surface area contributed by atoms with Gasteiger partial charge in [-0.15, -0.1) is 0 Å². The van der Waals surface area contributed by atoms with Crippen LogP contribution in [0.15, 0.2) is 24.4 Å². The van der Waals surface area contributed by atoms with Crippen molar-refractivity contribution < 1.29 is 14.3 Å². The van der Waals surface area contributed by atoms with Crippen molar-refractivity contribution in [3.8, 4) is 5.88 Å². The Labute approximate surface area is 91.7 Å². The largest absolute Gasteiger partial charge is 0.405 e. The Bertz CT molecular complexity index is 572. The quantitative estimate of drug-likeness (QED) is 0.565. The van der Waals surface area contributed by atoms with Crippen LogP contribution in [-0.2, 0) is 4.79 Å². The maximum absolute atomic E-state index is 11.5. The lowest BCUT2D eigenvalue weighted by molar-refractivity contribution is -0.132. The van der Waals surface area contributed by atoms with Gasteiger partial charge in [-0.1, -0.05) is 6.07 Å². The third-order valence-electron chi connectivity index (χ3n) is 2.07. The van der Waals surface area contributed by atoms with Gasteiger partial charge in [-0.05, 0) is 12.1 Å². The van der Waals surface area contributed by atoms with E-state index in [2.05, 4.69) is 4.98 Å². The van der Waals surface area contributed by atoms with Crippen LogP contribution in [0.3, 0.4) is 0 Å². The molecule has 0 bridgehead atoms. The molecule has 0 aliphatic carbocycles. The maximum atomic E-state index is 11.5. The molecule has 0 amide bonds. The van der Waals surface area contributed by atoms with Crippen molar-refractivity contribution in [2.24, 2.45) is 0 Å². The Kier molecular flexibility index (Phi) is 2.44. The molecule has 0 aliphatic rings. The summed E-state index contributed by atoms with van der Waals surface area (Å²) < 4.78 is 6.50. The molecule has 0 fully saturated rings. The Hall–Kier alpha value is -2.17. The van der Waals surface area contributed by atoms with Crippen LogP contribution in [0.4, 0.5) is 0 Å². The minimum Gasteiger partial charge on any atom is -0.405 e. The first-order chi connectivity index (χ1) is 7.59. The predicted molar refractivity (Wildman–Crippen MR) is 56.5 cm³/mol. The van der Waals surface area contributed by atoms with E-state index in [4.69, 9.17) is 4.74 Å². The zero-order valence-electron chi connectivity index (χ0n) is 8.93. The Balaban J connectivity index is 2.68. The smallest absolute Gasteiger partial charge is 0.309 e. The fourth-order valence-electron chi connectivity index (χ4n) is 1.50. The van der Waals surface area contributed by atoms with E-state index < -0.39 is 5.97 Å². The van der Waals surface area contributed by atoms with Crippen molar-refractivity contribution in [1.29, 1.82) is 0 Å². The first-order valence-corrected chi connectivity index (χ1v) is 4.76. The molecule has 82 valence electrons. The van der Waals surface area contributed by atoms with E-state index in [0.29, 0.717) is 5.65 Å². The average Bonchev–Trinajstić information content (AvgIpc) is 2.53. The van der Waals surface area contributed by atoms with Crippen LogP contribution in [0.1, 0.15) is 24.3 Å². The highest BCUT2D eigenvalue weighted by Gasteiger charge is 2.18. The zero-order valence-corrected chi connectivity index (χ0v) is 8.93. The summed E-state index contributed by atoms with van der Waals surface area (Å²) in [6.45, 7) is 2.68. The zero-order chi connectivity index (χ0) is 11.7. The van der Waals surface area contributed by atoms with E-state index in [1.54, 1.807) is 28.8 Å². The molecule has 5 heteroatoms. The summed E-state index contributed by atoms with van der Waals surface area (Å²) in [6, 6.07) is 5.31. The highest BCUT2D eigenvalue weighted by molar-refractivity contribution is 5.96. The Morgan fingerprint density at radius 2 is 2.06 bits per heavy atom. The number of ether oxygens (including phenoxy) is 1. The number of hydrogen-bond acceptors (Lipinski definition) is 4.